The number of anilines is 1. The number of nitrogens with one attached hydrogen (secondary N) is 3. The van der Waals surface area contributed by atoms with Crippen LogP contribution in [0.15, 0.2) is 58.3 Å². The van der Waals surface area contributed by atoms with Crippen molar-refractivity contribution in [3.8, 4) is 28.3 Å². The van der Waals surface area contributed by atoms with Crippen LogP contribution in [0.3, 0.4) is 0 Å². The lowest BCUT2D eigenvalue weighted by molar-refractivity contribution is 0.102. The number of aromatic nitrogens is 3. The molecule has 4 aromatic rings. The van der Waals surface area contributed by atoms with Gasteiger partial charge < -0.3 is 25.4 Å². The lowest BCUT2D eigenvalue weighted by Crippen LogP contribution is -2.43. The summed E-state index contributed by atoms with van der Waals surface area (Å²) in [6, 6.07) is 13.4. The third-order valence-electron chi connectivity index (χ3n) is 11.6. The van der Waals surface area contributed by atoms with Crippen LogP contribution in [0.25, 0.3) is 22.4 Å². The van der Waals surface area contributed by atoms with Crippen molar-refractivity contribution in [2.75, 3.05) is 32.7 Å². The van der Waals surface area contributed by atoms with Gasteiger partial charge in [-0.05, 0) is 86.1 Å². The Morgan fingerprint density at radius 3 is 2.55 bits per heavy atom. The fourth-order valence-corrected chi connectivity index (χ4v) is 8.47. The second-order valence-electron chi connectivity index (χ2n) is 14.8. The van der Waals surface area contributed by atoms with E-state index in [9.17, 15) is 19.2 Å². The molecule has 3 atom stereocenters. The number of pyridine rings is 1. The molecular formula is C42H51ClN6O6. The van der Waals surface area contributed by atoms with Crippen LogP contribution in [-0.4, -0.2) is 59.0 Å². The zero-order valence-electron chi connectivity index (χ0n) is 32.5. The number of aryl methyl sites for hydroxylation is 1. The van der Waals surface area contributed by atoms with Crippen molar-refractivity contribution >= 4 is 29.2 Å². The molecule has 1 fully saturated rings. The van der Waals surface area contributed by atoms with E-state index in [1.54, 1.807) is 13.2 Å². The highest BCUT2D eigenvalue weighted by Crippen LogP contribution is 2.46. The van der Waals surface area contributed by atoms with Gasteiger partial charge in [0.05, 0.1) is 36.5 Å². The van der Waals surface area contributed by atoms with E-state index in [2.05, 4.69) is 35.9 Å². The second-order valence-corrected chi connectivity index (χ2v) is 15.2. The minimum Gasteiger partial charge on any atom is -0.481 e. The average molecular weight is 771 g/mol. The Morgan fingerprint density at radius 2 is 1.85 bits per heavy atom. The monoisotopic (exact) mass is 770 g/mol. The number of hydrogen-bond acceptors (Lipinski definition) is 7. The summed E-state index contributed by atoms with van der Waals surface area (Å²) < 4.78 is 13.3. The van der Waals surface area contributed by atoms with Crippen LogP contribution in [0.2, 0.25) is 5.02 Å². The number of carbonyl (C=O) groups is 2. The molecule has 3 N–H and O–H groups in total. The van der Waals surface area contributed by atoms with Gasteiger partial charge in [-0.15, -0.1) is 0 Å². The van der Waals surface area contributed by atoms with E-state index < -0.39 is 17.2 Å². The summed E-state index contributed by atoms with van der Waals surface area (Å²) in [7, 11) is 4.53. The summed E-state index contributed by atoms with van der Waals surface area (Å²) in [4.78, 5) is 56.0. The van der Waals surface area contributed by atoms with E-state index in [4.69, 9.17) is 26.1 Å². The minimum atomic E-state index is -0.687. The smallest absolute Gasteiger partial charge is 0.330 e. The van der Waals surface area contributed by atoms with Gasteiger partial charge in [-0.1, -0.05) is 62.2 Å². The van der Waals surface area contributed by atoms with Crippen LogP contribution in [-0.2, 0) is 24.8 Å². The molecule has 1 aliphatic heterocycles. The third-order valence-corrected chi connectivity index (χ3v) is 12.0. The van der Waals surface area contributed by atoms with E-state index in [0.717, 1.165) is 77.5 Å². The van der Waals surface area contributed by atoms with Crippen LogP contribution >= 0.6 is 11.6 Å². The number of carbonyl (C=O) groups excluding carboxylic acids is 2. The minimum absolute atomic E-state index is 0.0734. The van der Waals surface area contributed by atoms with Gasteiger partial charge in [-0.3, -0.25) is 18.7 Å². The molecular weight excluding hydrogens is 720 g/mol. The molecule has 2 aliphatic rings. The molecule has 0 bridgehead atoms. The van der Waals surface area contributed by atoms with Crippen molar-refractivity contribution in [3.05, 3.63) is 96.8 Å². The topological polar surface area (TPSA) is 146 Å². The van der Waals surface area contributed by atoms with Crippen molar-refractivity contribution in [2.24, 2.45) is 13.0 Å². The van der Waals surface area contributed by atoms with Crippen molar-refractivity contribution in [3.63, 3.8) is 0 Å². The van der Waals surface area contributed by atoms with Crippen molar-refractivity contribution in [1.82, 2.24) is 24.8 Å². The van der Waals surface area contributed by atoms with Crippen molar-refractivity contribution in [1.29, 1.82) is 0 Å². The lowest BCUT2D eigenvalue weighted by atomic mass is 9.82. The molecule has 12 nitrogen and oxygen atoms in total. The Morgan fingerprint density at radius 1 is 1.11 bits per heavy atom. The van der Waals surface area contributed by atoms with Crippen molar-refractivity contribution < 1.29 is 19.1 Å². The maximum Gasteiger partial charge on any atom is 0.330 e. The first kappa shape index (κ1) is 39.7. The number of hydrogen-bond donors (Lipinski definition) is 3. The Balaban J connectivity index is 1.24. The molecule has 2 aromatic carbocycles. The average Bonchev–Trinajstić information content (AvgIpc) is 3.78. The van der Waals surface area contributed by atoms with Gasteiger partial charge in [-0.25, -0.2) is 14.6 Å². The summed E-state index contributed by atoms with van der Waals surface area (Å²) in [6.45, 7) is 7.38. The first-order valence-electron chi connectivity index (χ1n) is 19.1. The third kappa shape index (κ3) is 8.07. The number of urea groups is 1. The molecule has 6 rings (SSSR count). The molecule has 2 unspecified atom stereocenters. The van der Waals surface area contributed by atoms with Gasteiger partial charge in [0.1, 0.15) is 5.56 Å². The van der Waals surface area contributed by atoms with Crippen LogP contribution in [0, 0.1) is 12.8 Å². The Bertz CT molecular complexity index is 2220. The van der Waals surface area contributed by atoms with Gasteiger partial charge in [0, 0.05) is 49.3 Å². The summed E-state index contributed by atoms with van der Waals surface area (Å²) >= 11 is 7.21. The zero-order chi connectivity index (χ0) is 39.4. The van der Waals surface area contributed by atoms with E-state index in [1.807, 2.05) is 37.3 Å². The second kappa shape index (κ2) is 16.8. The summed E-state index contributed by atoms with van der Waals surface area (Å²) in [5.74, 6) is 0.845. The van der Waals surface area contributed by atoms with Gasteiger partial charge in [0.15, 0.2) is 0 Å². The molecule has 1 saturated heterocycles. The van der Waals surface area contributed by atoms with Gasteiger partial charge >= 0.3 is 11.7 Å². The summed E-state index contributed by atoms with van der Waals surface area (Å²) in [5.41, 5.74) is 5.18. The molecule has 0 spiro atoms. The largest absolute Gasteiger partial charge is 0.481 e. The molecule has 3 heterocycles. The molecule has 0 radical (unpaired) electrons. The number of amides is 3. The molecule has 292 valence electrons. The maximum absolute atomic E-state index is 13.5. The molecule has 0 saturated carbocycles. The number of nitrogens with zero attached hydrogens (tertiary/aromatic N) is 3. The number of rotatable bonds is 15. The summed E-state index contributed by atoms with van der Waals surface area (Å²) in [6.07, 6.45) is 8.22. The van der Waals surface area contributed by atoms with Gasteiger partial charge in [0.25, 0.3) is 11.5 Å². The van der Waals surface area contributed by atoms with Gasteiger partial charge in [0.2, 0.25) is 5.88 Å². The van der Waals surface area contributed by atoms with Crippen molar-refractivity contribution in [2.45, 2.75) is 83.7 Å². The Kier molecular flexibility index (Phi) is 12.2. The SMILES string of the molecule is CCC(CC[C@@]1(CC)CNC(=O)N1)CC1CCc2cc(-c3cccc(-c4cccc(NC(=O)c5cn(CCOC)c(=O)n(C)c5=O)c4C)c3Cl)nc(OC)c21. The van der Waals surface area contributed by atoms with Crippen LogP contribution in [0.1, 0.15) is 85.3 Å². The van der Waals surface area contributed by atoms with Crippen LogP contribution < -0.4 is 31.9 Å². The Hall–Kier alpha value is -4.94. The standard InChI is InChI=1S/C42H51ClN6O6/c1-7-26(17-18-42(8-2)24-44-40(52)47-42)21-27-15-16-28-22-34(46-38(55-6)35(27)28)31-13-9-12-30(36(31)43)29-11-10-14-33(25(29)3)45-37(50)32-23-49(19-20-54-5)41(53)48(4)39(32)51/h9-14,22-23,26-27H,7-8,15-21,24H2,1-6H3,(H,45,50)(H2,44,47,52)/t26?,27?,42-/m0/s1. The fourth-order valence-electron chi connectivity index (χ4n) is 8.14. The maximum atomic E-state index is 13.5. The molecule has 55 heavy (non-hydrogen) atoms. The molecule has 2 aromatic heterocycles. The van der Waals surface area contributed by atoms with Crippen LogP contribution in [0.5, 0.6) is 5.88 Å². The number of benzene rings is 2. The number of fused-ring (bicyclic) bond motifs is 1. The highest BCUT2D eigenvalue weighted by molar-refractivity contribution is 6.36. The lowest BCUT2D eigenvalue weighted by Gasteiger charge is -2.29. The van der Waals surface area contributed by atoms with E-state index in [1.165, 1.54) is 36.0 Å². The fraction of sp³-hybridized carbons (Fsp3) is 0.452. The van der Waals surface area contributed by atoms with E-state index in [-0.39, 0.29) is 30.3 Å². The Labute approximate surface area is 326 Å². The molecule has 13 heteroatoms. The number of ether oxygens (including phenoxy) is 2. The van der Waals surface area contributed by atoms with E-state index in [0.29, 0.717) is 35.0 Å². The first-order valence-corrected chi connectivity index (χ1v) is 19.4. The molecule has 1 aliphatic carbocycles. The molecule has 3 amide bonds. The predicted octanol–water partition coefficient (Wildman–Crippen LogP) is 6.83. The highest BCUT2D eigenvalue weighted by atomic mass is 35.5. The zero-order valence-corrected chi connectivity index (χ0v) is 33.3. The van der Waals surface area contributed by atoms with Gasteiger partial charge in [-0.2, -0.15) is 0 Å². The number of methoxy groups -OCH3 is 2. The van der Waals surface area contributed by atoms with Crippen LogP contribution in [0.4, 0.5) is 10.5 Å². The first-order chi connectivity index (χ1) is 26.4. The van der Waals surface area contributed by atoms with E-state index >= 15 is 0 Å². The number of halogens is 1. The quantitative estimate of drug-likeness (QED) is 0.120. The highest BCUT2D eigenvalue weighted by Gasteiger charge is 2.37. The summed E-state index contributed by atoms with van der Waals surface area (Å²) in [5, 5.41) is 9.50. The normalized spacial score (nSPS) is 18.1. The predicted molar refractivity (Wildman–Crippen MR) is 215 cm³/mol.